The van der Waals surface area contributed by atoms with Crippen LogP contribution in [0.3, 0.4) is 0 Å². The first-order valence-corrected chi connectivity index (χ1v) is 34.1. The van der Waals surface area contributed by atoms with Crippen LogP contribution in [0.5, 0.6) is 0 Å². The fourth-order valence-corrected chi connectivity index (χ4v) is 37.0. The molecule has 0 aliphatic heterocycles. The van der Waals surface area contributed by atoms with Crippen LogP contribution in [-0.2, 0) is 0 Å². The topological polar surface area (TPSA) is 0 Å². The maximum atomic E-state index is 2.49. The van der Waals surface area contributed by atoms with E-state index in [0.717, 1.165) is 0 Å². The molecule has 0 heterocycles. The second kappa shape index (κ2) is 39.0. The van der Waals surface area contributed by atoms with E-state index in [4.69, 9.17) is 0 Å². The Morgan fingerprint density at radius 3 is 0.625 bits per heavy atom. The summed E-state index contributed by atoms with van der Waals surface area (Å²) < 4.78 is 0. The summed E-state index contributed by atoms with van der Waals surface area (Å²) in [7, 11) is 7.47. The maximum absolute atomic E-state index is 2.49. The van der Waals surface area contributed by atoms with Crippen LogP contribution in [0.25, 0.3) is 0 Å². The van der Waals surface area contributed by atoms with Crippen LogP contribution in [0.2, 0.25) is 0 Å². The first kappa shape index (κ1) is 41.9. The van der Waals surface area contributed by atoms with E-state index in [-0.39, 0.29) is 0 Å². The van der Waals surface area contributed by atoms with Gasteiger partial charge in [-0.1, -0.05) is 20.8 Å². The average Bonchev–Trinajstić information content (AvgIpc) is 2.97. The first-order valence-electron chi connectivity index (χ1n) is 18.5. The van der Waals surface area contributed by atoms with E-state index in [2.05, 4.69) is 46.3 Å². The smallest absolute Gasteiger partial charge is 0.0654 e. The van der Waals surface area contributed by atoms with E-state index < -0.39 is 17.4 Å². The predicted octanol–water partition coefficient (Wildman–Crippen LogP) is 14.9. The summed E-state index contributed by atoms with van der Waals surface area (Å²) in [5.41, 5.74) is 0. The molecule has 0 bridgehead atoms. The minimum atomic E-state index is -1.44. The predicted molar refractivity (Wildman–Crippen MR) is 199 cm³/mol. The molecule has 0 radical (unpaired) electrons. The summed E-state index contributed by atoms with van der Waals surface area (Å²) in [6.07, 6.45) is 44.1. The van der Waals surface area contributed by atoms with Crippen molar-refractivity contribution in [1.29, 1.82) is 0 Å². The van der Waals surface area contributed by atoms with Gasteiger partial charge in [0.15, 0.2) is 0 Å². The van der Waals surface area contributed by atoms with E-state index in [1.54, 1.807) is 0 Å². The Labute approximate surface area is 271 Å². The van der Waals surface area contributed by atoms with E-state index in [9.17, 15) is 0 Å². The second-order valence-electron chi connectivity index (χ2n) is 12.3. The zero-order valence-electron chi connectivity index (χ0n) is 28.0. The third-order valence-corrected chi connectivity index (χ3v) is 40.5. The third kappa shape index (κ3) is 36.1. The molecule has 0 spiro atoms. The minimum Gasteiger partial charge on any atom is -0.0654 e. The van der Waals surface area contributed by atoms with Crippen molar-refractivity contribution in [2.45, 2.75) is 213 Å². The molecule has 0 aromatic rings. The molecular weight excluding hydrogens is 738 g/mol. The van der Waals surface area contributed by atoms with Gasteiger partial charge in [0.05, 0.1) is 0 Å². The molecule has 0 aromatic heterocycles. The Morgan fingerprint density at radius 2 is 0.425 bits per heavy atom. The Kier molecular flexibility index (Phi) is 40.8. The van der Waals surface area contributed by atoms with Crippen molar-refractivity contribution in [2.75, 3.05) is 17.3 Å². The molecule has 0 amide bonds. The van der Waals surface area contributed by atoms with Gasteiger partial charge in [-0.25, -0.2) is 0 Å². The Balaban J connectivity index is 3.89. The second-order valence-corrected chi connectivity index (χ2v) is 40.7. The SMILES string of the molecule is CCCCCCCCCCCC[S][Bi]([S]CCCCCCCCCCCC)[S]CCCCCCCCCCCC. The van der Waals surface area contributed by atoms with Gasteiger partial charge in [0.1, 0.15) is 0 Å². The Hall–Kier alpha value is 1.93. The van der Waals surface area contributed by atoms with E-state index >= 15 is 0 Å². The van der Waals surface area contributed by atoms with E-state index in [1.165, 1.54) is 210 Å². The monoisotopic (exact) mass is 812 g/mol. The van der Waals surface area contributed by atoms with Gasteiger partial charge in [-0.3, -0.25) is 0 Å². The molecule has 0 saturated heterocycles. The fourth-order valence-electron chi connectivity index (χ4n) is 5.30. The number of hydrogen-bond donors (Lipinski definition) is 0. The van der Waals surface area contributed by atoms with Crippen molar-refractivity contribution in [1.82, 2.24) is 0 Å². The molecule has 0 fully saturated rings. The number of hydrogen-bond acceptors (Lipinski definition) is 3. The molecule has 0 unspecified atom stereocenters. The fraction of sp³-hybridized carbons (Fsp3) is 1.00. The molecule has 242 valence electrons. The molecule has 0 aromatic carbocycles. The van der Waals surface area contributed by atoms with Gasteiger partial charge in [0.25, 0.3) is 0 Å². The van der Waals surface area contributed by atoms with Crippen molar-refractivity contribution in [2.24, 2.45) is 0 Å². The van der Waals surface area contributed by atoms with Crippen LogP contribution in [0.1, 0.15) is 213 Å². The van der Waals surface area contributed by atoms with Crippen LogP contribution >= 0.6 is 25.6 Å². The molecule has 0 rings (SSSR count). The van der Waals surface area contributed by atoms with Gasteiger partial charge in [-0.05, 0) is 0 Å². The number of unbranched alkanes of at least 4 members (excludes halogenated alkanes) is 27. The van der Waals surface area contributed by atoms with Crippen molar-refractivity contribution in [3.8, 4) is 0 Å². The summed E-state index contributed by atoms with van der Waals surface area (Å²) in [6, 6.07) is 0. The zero-order chi connectivity index (χ0) is 29.0. The van der Waals surface area contributed by atoms with E-state index in [1.807, 2.05) is 0 Å². The quantitative estimate of drug-likeness (QED) is 0.0457. The van der Waals surface area contributed by atoms with E-state index in [0.29, 0.717) is 0 Å². The molecular formula is C36H75BiS3. The van der Waals surface area contributed by atoms with Crippen LogP contribution < -0.4 is 0 Å². The molecule has 40 heavy (non-hydrogen) atoms. The summed E-state index contributed by atoms with van der Waals surface area (Å²) in [4.78, 5) is 0. The standard InChI is InChI=1S/3C12H26S.Bi/c3*1-2-3-4-5-6-7-8-9-10-11-12-13;/h3*13H,2-12H2,1H3;/q;;;+3/p-3. The molecule has 4 heteroatoms. The molecule has 0 nitrogen and oxygen atoms in total. The minimum absolute atomic E-state index is 1.37. The molecule has 0 saturated carbocycles. The van der Waals surface area contributed by atoms with Gasteiger partial charge in [-0.2, -0.15) is 0 Å². The van der Waals surface area contributed by atoms with Crippen LogP contribution in [-0.4, -0.2) is 34.6 Å². The Bertz CT molecular complexity index is 372. The molecule has 0 aliphatic rings. The van der Waals surface area contributed by atoms with Gasteiger partial charge in [0, 0.05) is 0 Å². The molecule has 0 aliphatic carbocycles. The van der Waals surface area contributed by atoms with Crippen molar-refractivity contribution in [3.05, 3.63) is 0 Å². The Morgan fingerprint density at radius 1 is 0.250 bits per heavy atom. The van der Waals surface area contributed by atoms with Gasteiger partial charge in [0.2, 0.25) is 0 Å². The normalized spacial score (nSPS) is 11.7. The van der Waals surface area contributed by atoms with Crippen LogP contribution in [0.15, 0.2) is 0 Å². The van der Waals surface area contributed by atoms with Crippen molar-refractivity contribution < 1.29 is 0 Å². The summed E-state index contributed by atoms with van der Waals surface area (Å²) in [6.45, 7) is 6.96. The first-order chi connectivity index (χ1) is 19.8. The average molecular weight is 813 g/mol. The zero-order valence-corrected chi connectivity index (χ0v) is 33.9. The molecule has 0 N–H and O–H groups in total. The van der Waals surface area contributed by atoms with Gasteiger partial charge in [-0.15, -0.1) is 0 Å². The third-order valence-electron chi connectivity index (χ3n) is 8.08. The summed E-state index contributed by atoms with van der Waals surface area (Å²) in [5.74, 6) is 4.43. The summed E-state index contributed by atoms with van der Waals surface area (Å²) in [5, 5.41) is 0. The van der Waals surface area contributed by atoms with Crippen LogP contribution in [0, 0.1) is 0 Å². The summed E-state index contributed by atoms with van der Waals surface area (Å²) >= 11 is -1.44. The van der Waals surface area contributed by atoms with Crippen molar-refractivity contribution >= 4 is 42.9 Å². The van der Waals surface area contributed by atoms with Gasteiger partial charge < -0.3 is 0 Å². The number of rotatable bonds is 36. The van der Waals surface area contributed by atoms with Crippen LogP contribution in [0.4, 0.5) is 0 Å². The van der Waals surface area contributed by atoms with Crippen molar-refractivity contribution in [3.63, 3.8) is 0 Å². The van der Waals surface area contributed by atoms with Gasteiger partial charge >= 0.3 is 253 Å². The molecule has 0 atom stereocenters.